The van der Waals surface area contributed by atoms with E-state index in [-0.39, 0.29) is 12.3 Å². The van der Waals surface area contributed by atoms with E-state index in [1.54, 1.807) is 0 Å². The van der Waals surface area contributed by atoms with Crippen molar-refractivity contribution >= 4 is 5.91 Å². The molecule has 2 aromatic rings. The Morgan fingerprint density at radius 1 is 1.00 bits per heavy atom. The van der Waals surface area contributed by atoms with E-state index in [9.17, 15) is 4.79 Å². The molecule has 0 atom stereocenters. The minimum Gasteiger partial charge on any atom is -0.490 e. The molecule has 26 heavy (non-hydrogen) atoms. The number of nitrogens with one attached hydrogen (secondary N) is 1. The summed E-state index contributed by atoms with van der Waals surface area (Å²) in [5.74, 6) is 1.40. The third kappa shape index (κ3) is 6.48. The van der Waals surface area contributed by atoms with Crippen molar-refractivity contribution in [2.45, 2.75) is 26.7 Å². The molecule has 136 valence electrons. The Hall–Kier alpha value is -3.00. The van der Waals surface area contributed by atoms with Crippen LogP contribution in [0, 0.1) is 25.2 Å². The molecule has 1 amide bonds. The monoisotopic (exact) mass is 352 g/mol. The Balaban J connectivity index is 1.68. The lowest BCUT2D eigenvalue weighted by atomic mass is 10.1. The number of aryl methyl sites for hydroxylation is 2. The number of nitriles is 1. The minimum atomic E-state index is -0.240. The molecular formula is C21H24N2O3. The molecule has 2 aromatic carbocycles. The number of carbonyl (C=O) groups is 1. The van der Waals surface area contributed by atoms with Gasteiger partial charge in [0.05, 0.1) is 6.07 Å². The second kappa shape index (κ2) is 10.1. The van der Waals surface area contributed by atoms with E-state index in [0.29, 0.717) is 26.2 Å². The lowest BCUT2D eigenvalue weighted by Gasteiger charge is -2.10. The summed E-state index contributed by atoms with van der Waals surface area (Å²) in [6.07, 6.45) is 0.615. The summed E-state index contributed by atoms with van der Waals surface area (Å²) >= 11 is 0. The number of nitrogens with zero attached hydrogens (tertiary/aromatic N) is 1. The Morgan fingerprint density at radius 2 is 1.65 bits per heavy atom. The van der Waals surface area contributed by atoms with Gasteiger partial charge in [-0.3, -0.25) is 4.79 Å². The molecule has 2 rings (SSSR count). The van der Waals surface area contributed by atoms with Crippen LogP contribution in [0.3, 0.4) is 0 Å². The van der Waals surface area contributed by atoms with Crippen molar-refractivity contribution in [3.63, 3.8) is 0 Å². The summed E-state index contributed by atoms with van der Waals surface area (Å²) in [7, 11) is 0. The zero-order valence-electron chi connectivity index (χ0n) is 15.2. The summed E-state index contributed by atoms with van der Waals surface area (Å²) in [5.41, 5.74) is 3.56. The zero-order valence-corrected chi connectivity index (χ0v) is 15.2. The van der Waals surface area contributed by atoms with Crippen molar-refractivity contribution in [2.24, 2.45) is 0 Å². The van der Waals surface area contributed by atoms with Gasteiger partial charge in [-0.05, 0) is 61.2 Å². The van der Waals surface area contributed by atoms with Crippen LogP contribution >= 0.6 is 0 Å². The third-order valence-electron chi connectivity index (χ3n) is 4.00. The second-order valence-electron chi connectivity index (χ2n) is 6.02. The van der Waals surface area contributed by atoms with Gasteiger partial charge in [-0.1, -0.05) is 18.2 Å². The first-order valence-electron chi connectivity index (χ1n) is 8.64. The van der Waals surface area contributed by atoms with E-state index in [0.717, 1.165) is 17.1 Å². The fraction of sp³-hybridized carbons (Fsp3) is 0.333. The van der Waals surface area contributed by atoms with Crippen LogP contribution < -0.4 is 14.8 Å². The predicted molar refractivity (Wildman–Crippen MR) is 100 cm³/mol. The van der Waals surface area contributed by atoms with Crippen LogP contribution in [0.25, 0.3) is 0 Å². The van der Waals surface area contributed by atoms with Crippen LogP contribution in [-0.2, 0) is 11.2 Å². The highest BCUT2D eigenvalue weighted by Gasteiger charge is 2.01. The first-order chi connectivity index (χ1) is 12.6. The van der Waals surface area contributed by atoms with Gasteiger partial charge in [-0.15, -0.1) is 0 Å². The van der Waals surface area contributed by atoms with Gasteiger partial charge in [0, 0.05) is 6.54 Å². The lowest BCUT2D eigenvalue weighted by molar-refractivity contribution is -0.120. The molecule has 0 fully saturated rings. The first kappa shape index (κ1) is 19.3. The summed E-state index contributed by atoms with van der Waals surface area (Å²) < 4.78 is 11.4. The number of ether oxygens (including phenoxy) is 2. The van der Waals surface area contributed by atoms with Gasteiger partial charge in [0.2, 0.25) is 5.91 Å². The smallest absolute Gasteiger partial charge is 0.234 e. The summed E-state index contributed by atoms with van der Waals surface area (Å²) in [6.45, 7) is 5.61. The lowest BCUT2D eigenvalue weighted by Crippen LogP contribution is -2.24. The number of hydrogen-bond donors (Lipinski definition) is 1. The van der Waals surface area contributed by atoms with Crippen LogP contribution in [0.4, 0.5) is 0 Å². The predicted octanol–water partition coefficient (Wildman–Crippen LogP) is 3.33. The van der Waals surface area contributed by atoms with Crippen molar-refractivity contribution < 1.29 is 14.3 Å². The highest BCUT2D eigenvalue weighted by molar-refractivity contribution is 5.77. The van der Waals surface area contributed by atoms with Crippen molar-refractivity contribution in [3.8, 4) is 17.6 Å². The molecule has 0 saturated carbocycles. The standard InChI is InChI=1S/C21H24N2O3/c1-16-3-6-20(15-17(16)2)26-14-13-25-19-7-4-18(5-8-19)10-12-23-21(24)9-11-22/h3-8,15H,9-10,12-14H2,1-2H3,(H,23,24). The van der Waals surface area contributed by atoms with Gasteiger partial charge in [0.1, 0.15) is 31.1 Å². The highest BCUT2D eigenvalue weighted by Crippen LogP contribution is 2.17. The van der Waals surface area contributed by atoms with Crippen molar-refractivity contribution in [1.29, 1.82) is 5.26 Å². The molecule has 0 radical (unpaired) electrons. The average Bonchev–Trinajstić information content (AvgIpc) is 2.63. The molecular weight excluding hydrogens is 328 g/mol. The van der Waals surface area contributed by atoms with E-state index in [1.165, 1.54) is 11.1 Å². The molecule has 0 saturated heterocycles. The van der Waals surface area contributed by atoms with Crippen molar-refractivity contribution in [1.82, 2.24) is 5.32 Å². The topological polar surface area (TPSA) is 71.3 Å². The maximum atomic E-state index is 11.2. The SMILES string of the molecule is Cc1ccc(OCCOc2ccc(CCNC(=O)CC#N)cc2)cc1C. The summed E-state index contributed by atoms with van der Waals surface area (Å²) in [5, 5.41) is 11.1. The molecule has 0 bridgehead atoms. The Labute approximate surface area is 154 Å². The largest absolute Gasteiger partial charge is 0.490 e. The maximum Gasteiger partial charge on any atom is 0.234 e. The van der Waals surface area contributed by atoms with Crippen LogP contribution in [0.2, 0.25) is 0 Å². The van der Waals surface area contributed by atoms with Gasteiger partial charge >= 0.3 is 0 Å². The number of amides is 1. The molecule has 0 aliphatic heterocycles. The molecule has 0 aliphatic carbocycles. The zero-order chi connectivity index (χ0) is 18.8. The quantitative estimate of drug-likeness (QED) is 0.703. The molecule has 5 nitrogen and oxygen atoms in total. The number of hydrogen-bond acceptors (Lipinski definition) is 4. The van der Waals surface area contributed by atoms with Crippen LogP contribution in [0.15, 0.2) is 42.5 Å². The Bertz CT molecular complexity index is 764. The molecule has 0 unspecified atom stereocenters. The minimum absolute atomic E-state index is 0.100. The number of benzene rings is 2. The van der Waals surface area contributed by atoms with Gasteiger partial charge in [0.15, 0.2) is 0 Å². The van der Waals surface area contributed by atoms with E-state index in [2.05, 4.69) is 19.2 Å². The fourth-order valence-corrected chi connectivity index (χ4v) is 2.36. The van der Waals surface area contributed by atoms with Crippen LogP contribution in [0.1, 0.15) is 23.1 Å². The molecule has 0 aromatic heterocycles. The molecule has 5 heteroatoms. The maximum absolute atomic E-state index is 11.2. The number of rotatable bonds is 9. The summed E-state index contributed by atoms with van der Waals surface area (Å²) in [4.78, 5) is 11.2. The molecule has 0 aliphatic rings. The highest BCUT2D eigenvalue weighted by atomic mass is 16.5. The van der Waals surface area contributed by atoms with Gasteiger partial charge in [0.25, 0.3) is 0 Å². The van der Waals surface area contributed by atoms with Gasteiger partial charge in [-0.25, -0.2) is 0 Å². The Kier molecular flexibility index (Phi) is 7.50. The van der Waals surface area contributed by atoms with Crippen molar-refractivity contribution in [3.05, 3.63) is 59.2 Å². The summed E-state index contributed by atoms with van der Waals surface area (Å²) in [6, 6.07) is 15.6. The van der Waals surface area contributed by atoms with Gasteiger partial charge < -0.3 is 14.8 Å². The van der Waals surface area contributed by atoms with E-state index in [4.69, 9.17) is 14.7 Å². The van der Waals surface area contributed by atoms with Crippen LogP contribution in [-0.4, -0.2) is 25.7 Å². The number of carbonyl (C=O) groups excluding carboxylic acids is 1. The van der Waals surface area contributed by atoms with Crippen molar-refractivity contribution in [2.75, 3.05) is 19.8 Å². The van der Waals surface area contributed by atoms with Crippen LogP contribution in [0.5, 0.6) is 11.5 Å². The third-order valence-corrected chi connectivity index (χ3v) is 4.00. The van der Waals surface area contributed by atoms with Gasteiger partial charge in [-0.2, -0.15) is 5.26 Å². The Morgan fingerprint density at radius 3 is 2.31 bits per heavy atom. The second-order valence-corrected chi connectivity index (χ2v) is 6.02. The van der Waals surface area contributed by atoms with E-state index < -0.39 is 0 Å². The van der Waals surface area contributed by atoms with E-state index >= 15 is 0 Å². The molecule has 0 spiro atoms. The molecule has 0 heterocycles. The first-order valence-corrected chi connectivity index (χ1v) is 8.64. The fourth-order valence-electron chi connectivity index (χ4n) is 2.36. The van der Waals surface area contributed by atoms with E-state index in [1.807, 2.05) is 48.5 Å². The molecule has 1 N–H and O–H groups in total. The average molecular weight is 352 g/mol. The normalized spacial score (nSPS) is 10.0.